The lowest BCUT2D eigenvalue weighted by atomic mass is 9.68. The molecule has 0 aliphatic heterocycles. The highest BCUT2D eigenvalue weighted by Gasteiger charge is 2.35. The SMILES string of the molecule is CC[C@@H](NCC(=O)[C@@H]1C[C@H](C)CC[C@H]1C(C)C)C(=O)OCC(C)C. The minimum Gasteiger partial charge on any atom is -0.464 e. The molecule has 1 saturated carbocycles. The Morgan fingerprint density at radius 1 is 1.17 bits per heavy atom. The average Bonchev–Trinajstić information content (AvgIpc) is 2.52. The summed E-state index contributed by atoms with van der Waals surface area (Å²) in [4.78, 5) is 24.8. The maximum atomic E-state index is 12.8. The van der Waals surface area contributed by atoms with Gasteiger partial charge in [0.2, 0.25) is 0 Å². The summed E-state index contributed by atoms with van der Waals surface area (Å²) in [6.45, 7) is 13.3. The van der Waals surface area contributed by atoms with Gasteiger partial charge in [0.25, 0.3) is 0 Å². The topological polar surface area (TPSA) is 55.4 Å². The lowest BCUT2D eigenvalue weighted by molar-refractivity contribution is -0.147. The van der Waals surface area contributed by atoms with E-state index in [1.54, 1.807) is 0 Å². The van der Waals surface area contributed by atoms with Crippen LogP contribution < -0.4 is 5.32 Å². The summed E-state index contributed by atoms with van der Waals surface area (Å²) in [5.41, 5.74) is 0. The number of carbonyl (C=O) groups is 2. The Morgan fingerprint density at radius 2 is 1.83 bits per heavy atom. The fourth-order valence-electron chi connectivity index (χ4n) is 3.67. The Morgan fingerprint density at radius 3 is 2.38 bits per heavy atom. The van der Waals surface area contributed by atoms with Gasteiger partial charge in [-0.3, -0.25) is 14.9 Å². The van der Waals surface area contributed by atoms with E-state index in [2.05, 4.69) is 26.1 Å². The summed E-state index contributed by atoms with van der Waals surface area (Å²) in [7, 11) is 0. The first-order valence-corrected chi connectivity index (χ1v) is 9.68. The molecule has 1 aliphatic rings. The number of Topliss-reactive ketones (excluding diaryl/α,β-unsaturated/α-hetero) is 1. The van der Waals surface area contributed by atoms with Gasteiger partial charge in [0.1, 0.15) is 11.8 Å². The largest absolute Gasteiger partial charge is 0.464 e. The highest BCUT2D eigenvalue weighted by atomic mass is 16.5. The molecule has 0 radical (unpaired) electrons. The fraction of sp³-hybridized carbons (Fsp3) is 0.900. The molecule has 4 heteroatoms. The first kappa shape index (κ1) is 21.1. The van der Waals surface area contributed by atoms with Crippen LogP contribution in [0, 0.1) is 29.6 Å². The van der Waals surface area contributed by atoms with Crippen LogP contribution in [0.5, 0.6) is 0 Å². The second-order valence-electron chi connectivity index (χ2n) is 8.26. The zero-order valence-electron chi connectivity index (χ0n) is 16.4. The Bertz CT molecular complexity index is 406. The van der Waals surface area contributed by atoms with Gasteiger partial charge in [0.05, 0.1) is 13.2 Å². The van der Waals surface area contributed by atoms with E-state index in [-0.39, 0.29) is 30.3 Å². The summed E-state index contributed by atoms with van der Waals surface area (Å²) in [6.07, 6.45) is 3.98. The highest BCUT2D eigenvalue weighted by molar-refractivity contribution is 5.84. The molecule has 0 spiro atoms. The Labute approximate surface area is 148 Å². The molecule has 140 valence electrons. The van der Waals surface area contributed by atoms with Crippen LogP contribution in [-0.2, 0) is 14.3 Å². The molecule has 4 nitrogen and oxygen atoms in total. The third-order valence-electron chi connectivity index (χ3n) is 5.21. The lowest BCUT2D eigenvalue weighted by Gasteiger charge is -2.36. The van der Waals surface area contributed by atoms with E-state index in [1.165, 1.54) is 6.42 Å². The molecule has 0 aromatic heterocycles. The third-order valence-corrected chi connectivity index (χ3v) is 5.21. The van der Waals surface area contributed by atoms with Gasteiger partial charge in [-0.1, -0.05) is 48.0 Å². The summed E-state index contributed by atoms with van der Waals surface area (Å²) >= 11 is 0. The molecule has 0 bridgehead atoms. The van der Waals surface area contributed by atoms with Crippen LogP contribution in [0.15, 0.2) is 0 Å². The molecule has 4 atom stereocenters. The molecule has 1 rings (SSSR count). The van der Waals surface area contributed by atoms with Gasteiger partial charge in [-0.15, -0.1) is 0 Å². The quantitative estimate of drug-likeness (QED) is 0.649. The normalized spacial score (nSPS) is 25.8. The maximum Gasteiger partial charge on any atom is 0.323 e. The van der Waals surface area contributed by atoms with Crippen LogP contribution in [-0.4, -0.2) is 30.9 Å². The van der Waals surface area contributed by atoms with Crippen molar-refractivity contribution in [1.82, 2.24) is 5.32 Å². The van der Waals surface area contributed by atoms with Crippen LogP contribution in [0.3, 0.4) is 0 Å². The van der Waals surface area contributed by atoms with E-state index in [1.807, 2.05) is 20.8 Å². The number of ketones is 1. The predicted molar refractivity (Wildman–Crippen MR) is 97.7 cm³/mol. The van der Waals surface area contributed by atoms with Gasteiger partial charge in [-0.05, 0) is 42.9 Å². The molecule has 0 saturated heterocycles. The van der Waals surface area contributed by atoms with Crippen molar-refractivity contribution >= 4 is 11.8 Å². The molecule has 0 amide bonds. The summed E-state index contributed by atoms with van der Waals surface area (Å²) in [5, 5.41) is 3.14. The van der Waals surface area contributed by atoms with Crippen LogP contribution >= 0.6 is 0 Å². The van der Waals surface area contributed by atoms with Gasteiger partial charge in [0, 0.05) is 5.92 Å². The number of carbonyl (C=O) groups excluding carboxylic acids is 2. The molecule has 0 aromatic rings. The van der Waals surface area contributed by atoms with E-state index in [9.17, 15) is 9.59 Å². The van der Waals surface area contributed by atoms with Crippen LogP contribution in [0.4, 0.5) is 0 Å². The molecule has 0 unspecified atom stereocenters. The molecule has 1 aliphatic carbocycles. The van der Waals surface area contributed by atoms with Gasteiger partial charge in [-0.25, -0.2) is 0 Å². The van der Waals surface area contributed by atoms with Crippen molar-refractivity contribution in [2.45, 2.75) is 73.3 Å². The third kappa shape index (κ3) is 6.54. The maximum absolute atomic E-state index is 12.8. The van der Waals surface area contributed by atoms with Crippen LogP contribution in [0.1, 0.15) is 67.2 Å². The Balaban J connectivity index is 2.56. The molecule has 0 heterocycles. The number of esters is 1. The number of hydrogen-bond donors (Lipinski definition) is 1. The van der Waals surface area contributed by atoms with Gasteiger partial charge < -0.3 is 4.74 Å². The number of nitrogens with one attached hydrogen (secondary N) is 1. The molecule has 24 heavy (non-hydrogen) atoms. The molecular formula is C20H37NO3. The first-order chi connectivity index (χ1) is 11.3. The van der Waals surface area contributed by atoms with Crippen molar-refractivity contribution in [3.63, 3.8) is 0 Å². The van der Waals surface area contributed by atoms with Crippen molar-refractivity contribution in [3.05, 3.63) is 0 Å². The van der Waals surface area contributed by atoms with E-state index in [4.69, 9.17) is 4.74 Å². The number of hydrogen-bond acceptors (Lipinski definition) is 4. The second kappa shape index (κ2) is 10.2. The number of rotatable bonds is 9. The smallest absolute Gasteiger partial charge is 0.323 e. The van der Waals surface area contributed by atoms with Crippen LogP contribution in [0.2, 0.25) is 0 Å². The van der Waals surface area contributed by atoms with Gasteiger partial charge in [-0.2, -0.15) is 0 Å². The summed E-state index contributed by atoms with van der Waals surface area (Å²) in [6, 6.07) is -0.383. The molecule has 1 fully saturated rings. The van der Waals surface area contributed by atoms with Crippen molar-refractivity contribution in [3.8, 4) is 0 Å². The van der Waals surface area contributed by atoms with E-state index < -0.39 is 0 Å². The first-order valence-electron chi connectivity index (χ1n) is 9.68. The molecule has 0 aromatic carbocycles. The van der Waals surface area contributed by atoms with Crippen molar-refractivity contribution in [2.75, 3.05) is 13.2 Å². The fourth-order valence-corrected chi connectivity index (χ4v) is 3.67. The standard InChI is InChI=1S/C20H37NO3/c1-7-18(20(23)24-12-13(2)3)21-11-19(22)17-10-15(6)8-9-16(17)14(4)5/h13-18,21H,7-12H2,1-6H3/t15-,16+,17-,18-/m1/s1. The van der Waals surface area contributed by atoms with Crippen molar-refractivity contribution in [1.29, 1.82) is 0 Å². The van der Waals surface area contributed by atoms with Crippen molar-refractivity contribution < 1.29 is 14.3 Å². The van der Waals surface area contributed by atoms with Gasteiger partial charge >= 0.3 is 5.97 Å². The number of ether oxygens (including phenoxy) is 1. The zero-order valence-corrected chi connectivity index (χ0v) is 16.4. The van der Waals surface area contributed by atoms with E-state index in [0.29, 0.717) is 36.7 Å². The van der Waals surface area contributed by atoms with Crippen molar-refractivity contribution in [2.24, 2.45) is 29.6 Å². The Hall–Kier alpha value is -0.900. The Kier molecular flexibility index (Phi) is 8.96. The lowest BCUT2D eigenvalue weighted by Crippen LogP contribution is -2.44. The summed E-state index contributed by atoms with van der Waals surface area (Å²) in [5.74, 6) is 2.10. The van der Waals surface area contributed by atoms with E-state index >= 15 is 0 Å². The average molecular weight is 340 g/mol. The van der Waals surface area contributed by atoms with E-state index in [0.717, 1.165) is 12.8 Å². The van der Waals surface area contributed by atoms with Crippen LogP contribution in [0.25, 0.3) is 0 Å². The molecule has 1 N–H and O–H groups in total. The second-order valence-corrected chi connectivity index (χ2v) is 8.26. The minimum absolute atomic E-state index is 0.130. The predicted octanol–water partition coefficient (Wildman–Crippen LogP) is 3.83. The minimum atomic E-state index is -0.383. The monoisotopic (exact) mass is 339 g/mol. The summed E-state index contributed by atoms with van der Waals surface area (Å²) < 4.78 is 5.30. The zero-order chi connectivity index (χ0) is 18.3. The van der Waals surface area contributed by atoms with Gasteiger partial charge in [0.15, 0.2) is 0 Å². The highest BCUT2D eigenvalue weighted by Crippen LogP contribution is 2.38. The molecular weight excluding hydrogens is 302 g/mol.